The molecule has 20 nitrogen and oxygen atoms in total. The zero-order chi connectivity index (χ0) is 40.2. The molecule has 0 aliphatic carbocycles. The van der Waals surface area contributed by atoms with Crippen molar-refractivity contribution in [3.63, 3.8) is 0 Å². The van der Waals surface area contributed by atoms with Gasteiger partial charge in [-0.1, -0.05) is 57.8 Å². The third-order valence-corrected chi connectivity index (χ3v) is 11.6. The monoisotopic (exact) mass is 824 g/mol. The summed E-state index contributed by atoms with van der Waals surface area (Å²) in [6, 6.07) is 0. The molecule has 2 unspecified atom stereocenters. The van der Waals surface area contributed by atoms with Crippen molar-refractivity contribution in [2.75, 3.05) is 26.4 Å². The third-order valence-electron chi connectivity index (χ3n) is 9.47. The molecule has 0 saturated carbocycles. The molecule has 0 amide bonds. The van der Waals surface area contributed by atoms with Crippen molar-refractivity contribution in [1.29, 1.82) is 0 Å². The number of phosphoric acid groups is 2. The fourth-order valence-corrected chi connectivity index (χ4v) is 8.42. The van der Waals surface area contributed by atoms with Crippen LogP contribution in [0.25, 0.3) is 0 Å². The van der Waals surface area contributed by atoms with Gasteiger partial charge in [-0.15, -0.1) is 0 Å². The number of aryl methyl sites for hydroxylation is 2. The second kappa shape index (κ2) is 21.3. The van der Waals surface area contributed by atoms with Crippen LogP contribution in [0.3, 0.4) is 0 Å². The van der Waals surface area contributed by atoms with Gasteiger partial charge in [0.25, 0.3) is 11.1 Å². The van der Waals surface area contributed by atoms with Gasteiger partial charge in [0.1, 0.15) is 36.9 Å². The van der Waals surface area contributed by atoms with Gasteiger partial charge >= 0.3 is 27.0 Å². The Balaban J connectivity index is 0.996. The number of nitrogens with one attached hydrogen (secondary N) is 2. The second-order valence-corrected chi connectivity index (χ2v) is 16.6. The first-order valence-corrected chi connectivity index (χ1v) is 21.6. The summed E-state index contributed by atoms with van der Waals surface area (Å²) in [6.07, 6.45) is 6.51. The predicted octanol–water partition coefficient (Wildman–Crippen LogP) is 2.56. The molecule has 0 radical (unpaired) electrons. The molecule has 2 aliphatic rings. The Hall–Kier alpha value is -2.58. The Morgan fingerprint density at radius 3 is 1.29 bits per heavy atom. The van der Waals surface area contributed by atoms with Crippen LogP contribution in [-0.4, -0.2) is 89.9 Å². The molecule has 0 spiro atoms. The number of aromatic amines is 2. The van der Waals surface area contributed by atoms with Crippen LogP contribution in [0.5, 0.6) is 0 Å². The Morgan fingerprint density at radius 1 is 0.636 bits per heavy atom. The van der Waals surface area contributed by atoms with Crippen molar-refractivity contribution < 1.29 is 56.7 Å². The second-order valence-electron chi connectivity index (χ2n) is 13.8. The van der Waals surface area contributed by atoms with E-state index in [0.717, 1.165) is 66.9 Å². The minimum atomic E-state index is -4.47. The maximum Gasteiger partial charge on any atom is 0.472 e. The van der Waals surface area contributed by atoms with Crippen molar-refractivity contribution in [3.05, 3.63) is 65.2 Å². The van der Waals surface area contributed by atoms with Crippen LogP contribution >= 0.6 is 15.6 Å². The fourth-order valence-electron chi connectivity index (χ4n) is 6.45. The molecule has 8 atom stereocenters. The summed E-state index contributed by atoms with van der Waals surface area (Å²) in [6.45, 7) is 2.03. The first-order chi connectivity index (χ1) is 26.1. The van der Waals surface area contributed by atoms with Crippen molar-refractivity contribution in [2.45, 2.75) is 134 Å². The zero-order valence-corrected chi connectivity index (χ0v) is 32.9. The van der Waals surface area contributed by atoms with E-state index in [-0.39, 0.29) is 37.2 Å². The highest BCUT2D eigenvalue weighted by molar-refractivity contribution is 7.47. The number of nitrogens with zero attached hydrogens (tertiary/aromatic N) is 2. The lowest BCUT2D eigenvalue weighted by Crippen LogP contribution is -2.33. The largest absolute Gasteiger partial charge is 0.472 e. The summed E-state index contributed by atoms with van der Waals surface area (Å²) in [5, 5.41) is 19.4. The summed E-state index contributed by atoms with van der Waals surface area (Å²) < 4.78 is 59.5. The molecule has 312 valence electrons. The maximum absolute atomic E-state index is 12.6. The van der Waals surface area contributed by atoms with Gasteiger partial charge in [0, 0.05) is 36.4 Å². The van der Waals surface area contributed by atoms with Crippen LogP contribution in [0.2, 0.25) is 0 Å². The number of aliphatic hydroxyl groups excluding tert-OH is 2. The van der Waals surface area contributed by atoms with E-state index < -0.39 is 88.2 Å². The predicted molar refractivity (Wildman–Crippen MR) is 195 cm³/mol. The van der Waals surface area contributed by atoms with Gasteiger partial charge in [0.05, 0.1) is 26.4 Å². The molecule has 2 saturated heterocycles. The number of unbranched alkanes of at least 4 members (excludes halogenated alkanes) is 10. The lowest BCUT2D eigenvalue weighted by Gasteiger charge is -2.19. The smallest absolute Gasteiger partial charge is 0.394 e. The van der Waals surface area contributed by atoms with Crippen LogP contribution in [0.1, 0.15) is 107 Å². The van der Waals surface area contributed by atoms with Crippen LogP contribution in [0.4, 0.5) is 0 Å². The first-order valence-electron chi connectivity index (χ1n) is 18.6. The Bertz CT molecular complexity index is 1730. The summed E-state index contributed by atoms with van der Waals surface area (Å²) in [4.78, 5) is 72.6. The normalized spacial score (nSPS) is 24.9. The summed E-state index contributed by atoms with van der Waals surface area (Å²) in [5.41, 5.74) is -1.93. The highest BCUT2D eigenvalue weighted by Crippen LogP contribution is 2.49. The fraction of sp³-hybridized carbons (Fsp3) is 0.758. The summed E-state index contributed by atoms with van der Waals surface area (Å²) in [7, 11) is -8.93. The quantitative estimate of drug-likeness (QED) is 0.0655. The molecule has 4 heterocycles. The van der Waals surface area contributed by atoms with Crippen molar-refractivity contribution in [2.24, 2.45) is 0 Å². The van der Waals surface area contributed by atoms with E-state index in [2.05, 4.69) is 9.97 Å². The maximum atomic E-state index is 12.6. The number of phosphoric ester groups is 2. The van der Waals surface area contributed by atoms with E-state index in [0.29, 0.717) is 12.8 Å². The third kappa shape index (κ3) is 13.8. The molecule has 0 bridgehead atoms. The van der Waals surface area contributed by atoms with Crippen molar-refractivity contribution in [1.82, 2.24) is 19.1 Å². The van der Waals surface area contributed by atoms with E-state index in [1.54, 1.807) is 0 Å². The van der Waals surface area contributed by atoms with Gasteiger partial charge in [0.15, 0.2) is 0 Å². The van der Waals surface area contributed by atoms with Gasteiger partial charge in [0.2, 0.25) is 0 Å². The van der Waals surface area contributed by atoms with Crippen LogP contribution in [0, 0.1) is 13.8 Å². The van der Waals surface area contributed by atoms with Crippen molar-refractivity contribution in [3.8, 4) is 0 Å². The number of rotatable bonds is 24. The molecular weight excluding hydrogens is 770 g/mol. The van der Waals surface area contributed by atoms with Gasteiger partial charge in [-0.2, -0.15) is 0 Å². The summed E-state index contributed by atoms with van der Waals surface area (Å²) in [5.74, 6) is 0. The first kappa shape index (κ1) is 45.1. The van der Waals surface area contributed by atoms with E-state index >= 15 is 0 Å². The number of hydrogen-bond donors (Lipinski definition) is 6. The van der Waals surface area contributed by atoms with Crippen molar-refractivity contribution >= 4 is 15.6 Å². The molecule has 2 aliphatic heterocycles. The van der Waals surface area contributed by atoms with Gasteiger partial charge in [-0.05, 0) is 26.7 Å². The minimum absolute atomic E-state index is 0.00774. The average molecular weight is 825 g/mol. The number of aromatic nitrogens is 4. The van der Waals surface area contributed by atoms with Gasteiger partial charge in [-0.25, -0.2) is 18.7 Å². The Morgan fingerprint density at radius 2 is 0.964 bits per heavy atom. The van der Waals surface area contributed by atoms with E-state index in [9.17, 15) is 48.3 Å². The SMILES string of the molecule is Cc1cn([C@H]2C[C@H](OP(=O)(O)OCCCCCCCCCCCCCOP(=O)(O)O[C@H]3C[C@H](n4cc(C)c(=O)[nH]c4=O)O[C@@H]3CO)[C@@H](CO)O2)c(=O)[nH]c1=O. The number of H-pyrrole nitrogens is 2. The highest BCUT2D eigenvalue weighted by atomic mass is 31.2. The topological polar surface area (TPSA) is 280 Å². The highest BCUT2D eigenvalue weighted by Gasteiger charge is 2.43. The number of aliphatic hydroxyl groups is 2. The standard InChI is InChI=1S/C33H54N4O16P2/c1-22-18-36(32(42)34-30(22)40)28-16-24(26(20-38)50-28)52-54(44,45)48-14-12-10-8-6-4-3-5-7-9-11-13-15-49-55(46,47)53-25-17-29(51-27(25)21-39)37-19-23(2)31(41)35-33(37)43/h18-19,24-29,38-39H,3-17,20-21H2,1-2H3,(H,44,45)(H,46,47)(H,34,40,42)(H,35,41,43)/t24-,25-,26+,27+,28+,29+/m0/s1. The molecule has 6 N–H and O–H groups in total. The molecule has 55 heavy (non-hydrogen) atoms. The molecular formula is C33H54N4O16P2. The lowest BCUT2D eigenvalue weighted by atomic mass is 10.1. The van der Waals surface area contributed by atoms with Gasteiger partial charge < -0.3 is 29.5 Å². The number of ether oxygens (including phenoxy) is 2. The van der Waals surface area contributed by atoms with Crippen LogP contribution < -0.4 is 22.5 Å². The lowest BCUT2D eigenvalue weighted by molar-refractivity contribution is -0.0464. The Labute approximate surface area is 317 Å². The number of hydrogen-bond acceptors (Lipinski definition) is 14. The van der Waals surface area contributed by atoms with E-state index in [4.69, 9.17) is 27.6 Å². The minimum Gasteiger partial charge on any atom is -0.394 e. The Kier molecular flexibility index (Phi) is 17.4. The van der Waals surface area contributed by atoms with Crippen LogP contribution in [0.15, 0.2) is 31.6 Å². The average Bonchev–Trinajstić information content (AvgIpc) is 3.71. The molecule has 2 aromatic heterocycles. The molecule has 2 fully saturated rings. The van der Waals surface area contributed by atoms with Crippen LogP contribution in [-0.2, 0) is 36.7 Å². The molecule has 4 rings (SSSR count). The van der Waals surface area contributed by atoms with Gasteiger partial charge in [-0.3, -0.25) is 46.8 Å². The molecule has 0 aromatic carbocycles. The molecule has 22 heteroatoms. The summed E-state index contributed by atoms with van der Waals surface area (Å²) >= 11 is 0. The zero-order valence-electron chi connectivity index (χ0n) is 31.1. The molecule has 2 aromatic rings. The van der Waals surface area contributed by atoms with E-state index in [1.807, 2.05) is 0 Å². The van der Waals surface area contributed by atoms with E-state index in [1.165, 1.54) is 26.2 Å².